The van der Waals surface area contributed by atoms with Gasteiger partial charge >= 0.3 is 6.09 Å². The van der Waals surface area contributed by atoms with Crippen molar-refractivity contribution in [3.8, 4) is 0 Å². The molecule has 9 nitrogen and oxygen atoms in total. The zero-order valence-corrected chi connectivity index (χ0v) is 18.0. The van der Waals surface area contributed by atoms with Gasteiger partial charge in [-0.05, 0) is 32.8 Å². The summed E-state index contributed by atoms with van der Waals surface area (Å²) in [6.07, 6.45) is 0.465. The van der Waals surface area contributed by atoms with E-state index in [0.717, 1.165) is 6.42 Å². The number of amides is 2. The summed E-state index contributed by atoms with van der Waals surface area (Å²) in [5.74, 6) is -0.769. The summed E-state index contributed by atoms with van der Waals surface area (Å²) in [6, 6.07) is 4.91. The van der Waals surface area contributed by atoms with E-state index in [0.29, 0.717) is 44.9 Å². The number of guanidine groups is 1. The van der Waals surface area contributed by atoms with Gasteiger partial charge in [0.1, 0.15) is 6.61 Å². The van der Waals surface area contributed by atoms with Crippen molar-refractivity contribution in [2.75, 3.05) is 37.7 Å². The first-order chi connectivity index (χ1) is 14.7. The van der Waals surface area contributed by atoms with Gasteiger partial charge in [0, 0.05) is 44.3 Å². The topological polar surface area (TPSA) is 123 Å². The molecule has 1 aromatic rings. The fraction of sp³-hybridized carbons (Fsp3) is 0.571. The Morgan fingerprint density at radius 2 is 1.97 bits per heavy atom. The lowest BCUT2D eigenvalue weighted by molar-refractivity contribution is -0.145. The molecular formula is C21H30FN5O4. The molecule has 4 N–H and O–H groups in total. The van der Waals surface area contributed by atoms with Crippen LogP contribution in [0.4, 0.5) is 14.9 Å². The van der Waals surface area contributed by atoms with Crippen LogP contribution in [0.5, 0.6) is 0 Å². The maximum Gasteiger partial charge on any atom is 0.437 e. The van der Waals surface area contributed by atoms with Gasteiger partial charge in [0.15, 0.2) is 11.8 Å². The molecule has 2 aliphatic heterocycles. The van der Waals surface area contributed by atoms with Gasteiger partial charge in [0.05, 0.1) is 11.3 Å². The fourth-order valence-electron chi connectivity index (χ4n) is 4.07. The van der Waals surface area contributed by atoms with Gasteiger partial charge in [-0.25, -0.2) is 9.18 Å². The molecule has 3 rings (SSSR count). The summed E-state index contributed by atoms with van der Waals surface area (Å²) in [7, 11) is 0. The molecule has 2 heterocycles. The van der Waals surface area contributed by atoms with Crippen molar-refractivity contribution in [3.05, 3.63) is 29.6 Å². The Balaban J connectivity index is 1.59. The standard InChI is InChI=1S/C21H30FN5O4/c1-21(2)12-14(6-11-31-21)18(28)27-9-7-26(8-10-27)16-5-3-4-15(17(16)22)13-30-20(29)25-19(23)24/h3-5,14H,6-13H2,1-2H3,(H4,23,24,25,29). The van der Waals surface area contributed by atoms with E-state index < -0.39 is 17.9 Å². The van der Waals surface area contributed by atoms with Crippen LogP contribution in [-0.4, -0.2) is 61.2 Å². The number of anilines is 1. The second-order valence-corrected chi connectivity index (χ2v) is 8.45. The highest BCUT2D eigenvalue weighted by molar-refractivity contribution is 5.87. The lowest BCUT2D eigenvalue weighted by Gasteiger charge is -2.40. The number of benzene rings is 1. The van der Waals surface area contributed by atoms with Gasteiger partial charge in [0.2, 0.25) is 5.91 Å². The van der Waals surface area contributed by atoms with Crippen molar-refractivity contribution >= 4 is 23.6 Å². The Kier molecular flexibility index (Phi) is 6.99. The number of ether oxygens (including phenoxy) is 2. The van der Waals surface area contributed by atoms with Crippen molar-refractivity contribution in [2.45, 2.75) is 38.9 Å². The first-order valence-corrected chi connectivity index (χ1v) is 10.4. The average Bonchev–Trinajstić information content (AvgIpc) is 2.71. The summed E-state index contributed by atoms with van der Waals surface area (Å²) in [6.45, 7) is 6.42. The van der Waals surface area contributed by atoms with Crippen molar-refractivity contribution in [1.29, 1.82) is 0 Å². The van der Waals surface area contributed by atoms with Crippen LogP contribution in [0.3, 0.4) is 0 Å². The molecule has 0 radical (unpaired) electrons. The Labute approximate surface area is 181 Å². The van der Waals surface area contributed by atoms with E-state index in [9.17, 15) is 14.0 Å². The minimum absolute atomic E-state index is 0.0322. The van der Waals surface area contributed by atoms with Crippen molar-refractivity contribution in [3.63, 3.8) is 0 Å². The number of carbonyl (C=O) groups excluding carboxylic acids is 2. The third-order valence-corrected chi connectivity index (χ3v) is 5.61. The van der Waals surface area contributed by atoms with E-state index in [-0.39, 0.29) is 29.6 Å². The lowest BCUT2D eigenvalue weighted by atomic mass is 9.87. The summed E-state index contributed by atoms with van der Waals surface area (Å²) < 4.78 is 25.6. The van der Waals surface area contributed by atoms with E-state index in [1.54, 1.807) is 12.1 Å². The fourth-order valence-corrected chi connectivity index (χ4v) is 4.07. The third kappa shape index (κ3) is 5.84. The number of rotatable bonds is 4. The first kappa shape index (κ1) is 22.8. The van der Waals surface area contributed by atoms with E-state index in [4.69, 9.17) is 20.9 Å². The predicted molar refractivity (Wildman–Crippen MR) is 114 cm³/mol. The molecule has 0 bridgehead atoms. The van der Waals surface area contributed by atoms with Crippen LogP contribution in [-0.2, 0) is 20.9 Å². The minimum atomic E-state index is -0.978. The number of nitrogens with zero attached hydrogens (tertiary/aromatic N) is 3. The molecule has 1 unspecified atom stereocenters. The monoisotopic (exact) mass is 435 g/mol. The number of nitrogens with two attached hydrogens (primary N) is 2. The number of piperazine rings is 1. The summed E-state index contributed by atoms with van der Waals surface area (Å²) in [5.41, 5.74) is 10.6. The van der Waals surface area contributed by atoms with Crippen LogP contribution in [0, 0.1) is 11.7 Å². The predicted octanol–water partition coefficient (Wildman–Crippen LogP) is 1.59. The number of hydrogen-bond donors (Lipinski definition) is 2. The molecule has 2 amide bonds. The average molecular weight is 436 g/mol. The van der Waals surface area contributed by atoms with Gasteiger partial charge in [-0.2, -0.15) is 0 Å². The molecular weight excluding hydrogens is 405 g/mol. The Hall–Kier alpha value is -2.88. The van der Waals surface area contributed by atoms with Crippen LogP contribution in [0.2, 0.25) is 0 Å². The maximum atomic E-state index is 15.0. The highest BCUT2D eigenvalue weighted by Gasteiger charge is 2.36. The summed E-state index contributed by atoms with van der Waals surface area (Å²) in [5, 5.41) is 0. The summed E-state index contributed by atoms with van der Waals surface area (Å²) in [4.78, 5) is 31.4. The van der Waals surface area contributed by atoms with Crippen LogP contribution in [0.15, 0.2) is 23.2 Å². The molecule has 0 spiro atoms. The van der Waals surface area contributed by atoms with Crippen LogP contribution < -0.4 is 16.4 Å². The highest BCUT2D eigenvalue weighted by atomic mass is 19.1. The molecule has 2 saturated heterocycles. The summed E-state index contributed by atoms with van der Waals surface area (Å²) >= 11 is 0. The molecule has 0 saturated carbocycles. The molecule has 1 atom stereocenters. The SMILES string of the molecule is CC1(C)CC(C(=O)N2CCN(c3cccc(COC(=O)N=C(N)N)c3F)CC2)CCO1. The Morgan fingerprint density at radius 1 is 1.26 bits per heavy atom. The molecule has 2 fully saturated rings. The van der Waals surface area contributed by atoms with E-state index in [1.165, 1.54) is 6.07 Å². The van der Waals surface area contributed by atoms with Crippen molar-refractivity contribution in [2.24, 2.45) is 22.4 Å². The van der Waals surface area contributed by atoms with Crippen LogP contribution >= 0.6 is 0 Å². The van der Waals surface area contributed by atoms with Crippen LogP contribution in [0.1, 0.15) is 32.3 Å². The molecule has 1 aromatic carbocycles. The molecule has 10 heteroatoms. The first-order valence-electron chi connectivity index (χ1n) is 10.4. The lowest BCUT2D eigenvalue weighted by Crippen LogP contribution is -2.52. The van der Waals surface area contributed by atoms with Gasteiger partial charge in [-0.15, -0.1) is 4.99 Å². The van der Waals surface area contributed by atoms with E-state index in [2.05, 4.69) is 4.99 Å². The number of aliphatic imine (C=N–C) groups is 1. The highest BCUT2D eigenvalue weighted by Crippen LogP contribution is 2.31. The van der Waals surface area contributed by atoms with Gasteiger partial charge in [0.25, 0.3) is 0 Å². The Bertz CT molecular complexity index is 848. The molecule has 0 aliphatic carbocycles. The van der Waals surface area contributed by atoms with Crippen LogP contribution in [0.25, 0.3) is 0 Å². The number of hydrogen-bond acceptors (Lipinski definition) is 5. The zero-order chi connectivity index (χ0) is 22.6. The third-order valence-electron chi connectivity index (χ3n) is 5.61. The largest absolute Gasteiger partial charge is 0.443 e. The van der Waals surface area contributed by atoms with Crippen molar-refractivity contribution in [1.82, 2.24) is 4.90 Å². The Morgan fingerprint density at radius 3 is 2.61 bits per heavy atom. The van der Waals surface area contributed by atoms with Crippen molar-refractivity contribution < 1.29 is 23.5 Å². The normalized spacial score (nSPS) is 20.8. The zero-order valence-electron chi connectivity index (χ0n) is 18.0. The smallest absolute Gasteiger partial charge is 0.437 e. The van der Waals surface area contributed by atoms with Gasteiger partial charge in [-0.1, -0.05) is 12.1 Å². The molecule has 31 heavy (non-hydrogen) atoms. The second-order valence-electron chi connectivity index (χ2n) is 8.45. The van der Waals surface area contributed by atoms with E-state index in [1.807, 2.05) is 23.6 Å². The second kappa shape index (κ2) is 9.51. The van der Waals surface area contributed by atoms with Gasteiger partial charge in [-0.3, -0.25) is 4.79 Å². The number of carbonyl (C=O) groups is 2. The molecule has 0 aromatic heterocycles. The molecule has 2 aliphatic rings. The van der Waals surface area contributed by atoms with Gasteiger partial charge < -0.3 is 30.7 Å². The quantitative estimate of drug-likeness (QED) is 0.544. The van der Waals surface area contributed by atoms with E-state index >= 15 is 0 Å². The molecule has 170 valence electrons. The number of halogens is 1. The minimum Gasteiger partial charge on any atom is -0.443 e. The maximum absolute atomic E-state index is 15.0.